The van der Waals surface area contributed by atoms with E-state index in [4.69, 9.17) is 18.5 Å². The van der Waals surface area contributed by atoms with Crippen LogP contribution in [0.5, 0.6) is 0 Å². The van der Waals surface area contributed by atoms with Crippen LogP contribution in [0.25, 0.3) is 0 Å². The minimum atomic E-state index is -8.77. The van der Waals surface area contributed by atoms with E-state index in [1.54, 1.807) is 21.1 Å². The summed E-state index contributed by atoms with van der Waals surface area (Å²) in [5, 5.41) is 0. The summed E-state index contributed by atoms with van der Waals surface area (Å²) in [7, 11) is 0.432. The molecule has 0 aromatic rings. The van der Waals surface area contributed by atoms with Gasteiger partial charge in [0.15, 0.2) is 0 Å². The van der Waals surface area contributed by atoms with E-state index in [0.717, 1.165) is 11.8 Å². The van der Waals surface area contributed by atoms with E-state index >= 15 is 0 Å². The molecule has 0 heterocycles. The van der Waals surface area contributed by atoms with Gasteiger partial charge in [0.25, 0.3) is 0 Å². The van der Waals surface area contributed by atoms with Crippen LogP contribution >= 0.6 is 7.82 Å². The molecular weight excluding hydrogens is 1320 g/mol. The van der Waals surface area contributed by atoms with E-state index in [2.05, 4.69) is 0 Å². The molecule has 0 saturated heterocycles. The van der Waals surface area contributed by atoms with E-state index in [1.165, 1.54) is 0 Å². The van der Waals surface area contributed by atoms with Gasteiger partial charge in [0.1, 0.15) is 19.3 Å². The van der Waals surface area contributed by atoms with Gasteiger partial charge in [-0.05, 0) is 37.5 Å². The first-order valence-corrected chi connectivity index (χ1v) is 25.5. The van der Waals surface area contributed by atoms with Gasteiger partial charge in [-0.15, -0.1) is 0 Å². The maximum Gasteiger partial charge on any atom is 0.472 e. The number of phosphoric ester groups is 1. The molecule has 86 heavy (non-hydrogen) atoms. The number of alkyl halides is 34. The van der Waals surface area contributed by atoms with E-state index in [1.807, 2.05) is 0 Å². The van der Waals surface area contributed by atoms with Gasteiger partial charge in [-0.3, -0.25) is 9.05 Å². The highest BCUT2D eigenvalue weighted by molar-refractivity contribution is 7.47. The number of halogens is 34. The number of quaternary nitrogens is 1. The predicted molar refractivity (Wildman–Crippen MR) is 227 cm³/mol. The first-order chi connectivity index (χ1) is 38.0. The summed E-state index contributed by atoms with van der Waals surface area (Å²) in [5.74, 6) is -113. The van der Waals surface area contributed by atoms with Crippen LogP contribution in [-0.2, 0) is 23.1 Å². The lowest BCUT2D eigenvalue weighted by Gasteiger charge is -2.42. The van der Waals surface area contributed by atoms with Crippen LogP contribution in [-0.4, -0.2) is 171 Å². The first kappa shape index (κ1) is 82.7. The largest absolute Gasteiger partial charge is 0.472 e. The summed E-state index contributed by atoms with van der Waals surface area (Å²) in [5.41, 5.74) is 0. The van der Waals surface area contributed by atoms with Gasteiger partial charge in [0.2, 0.25) is 0 Å². The number of rotatable bonds is 38. The fourth-order valence-corrected chi connectivity index (χ4v) is 6.97. The second-order valence-corrected chi connectivity index (χ2v) is 21.0. The molecule has 0 amide bonds. The smallest absolute Gasteiger partial charge is 0.379 e. The van der Waals surface area contributed by atoms with Gasteiger partial charge in [-0.25, -0.2) is 4.57 Å². The Balaban J connectivity index is 5.38. The summed E-state index contributed by atoms with van der Waals surface area (Å²) in [6, 6.07) is 0. The number of unbranched alkanes of at least 4 members (excludes halogenated alkanes) is 12. The lowest BCUT2D eigenvalue weighted by molar-refractivity contribution is -0.870. The van der Waals surface area contributed by atoms with Crippen molar-refractivity contribution in [1.29, 1.82) is 0 Å². The maximum absolute atomic E-state index is 14.0. The predicted octanol–water partition coefficient (Wildman–Crippen LogP) is 16.7. The van der Waals surface area contributed by atoms with E-state index in [0.29, 0.717) is 10.9 Å². The van der Waals surface area contributed by atoms with Crippen LogP contribution in [0.3, 0.4) is 0 Å². The molecule has 0 aliphatic rings. The number of nitrogens with zero attached hydrogens (tertiary/aromatic N) is 1. The second kappa shape index (κ2) is 28.9. The van der Waals surface area contributed by atoms with E-state index < -0.39 is 129 Å². The first-order valence-electron chi connectivity index (χ1n) is 24.0. The Bertz CT molecular complexity index is 2300. The average molecular weight is 1370 g/mol. The third-order valence-corrected chi connectivity index (χ3v) is 12.6. The molecule has 510 valence electrons. The van der Waals surface area contributed by atoms with Crippen molar-refractivity contribution in [2.45, 2.75) is 191 Å². The Morgan fingerprint density at radius 1 is 0.360 bits per heavy atom. The molecule has 0 saturated carbocycles. The molecule has 0 fully saturated rings. The highest BCUT2D eigenvalue weighted by Gasteiger charge is 2.97. The molecular formula is C44H51F34NO6P+. The highest BCUT2D eigenvalue weighted by Crippen LogP contribution is 2.66. The van der Waals surface area contributed by atoms with Crippen LogP contribution in [0.4, 0.5) is 149 Å². The molecule has 0 bridgehead atoms. The molecule has 1 N–H and O–H groups in total. The summed E-state index contributed by atoms with van der Waals surface area (Å²) in [6.45, 7) is -1.24. The zero-order chi connectivity index (χ0) is 68.4. The second-order valence-electron chi connectivity index (χ2n) is 19.6. The molecule has 7 nitrogen and oxygen atoms in total. The van der Waals surface area contributed by atoms with Gasteiger partial charge in [-0.2, -0.15) is 149 Å². The van der Waals surface area contributed by atoms with E-state index in [-0.39, 0.29) is 115 Å². The molecule has 0 radical (unpaired) electrons. The quantitative estimate of drug-likeness (QED) is 0.0218. The Kier molecular flexibility index (Phi) is 27.8. The highest BCUT2D eigenvalue weighted by atomic mass is 31.2. The molecule has 0 aliphatic heterocycles. The topological polar surface area (TPSA) is 74.2 Å². The van der Waals surface area contributed by atoms with Crippen molar-refractivity contribution >= 4 is 7.82 Å². The molecule has 0 spiro atoms. The monoisotopic (exact) mass is 1370 g/mol. The molecule has 2 atom stereocenters. The maximum atomic E-state index is 14.0. The molecule has 0 rings (SSSR count). The summed E-state index contributed by atoms with van der Waals surface area (Å²) in [6.07, 6.45) is -17.8. The molecule has 1 unspecified atom stereocenters. The van der Waals surface area contributed by atoms with Crippen LogP contribution in [0.1, 0.15) is 89.9 Å². The van der Waals surface area contributed by atoms with Crippen LogP contribution in [0, 0.1) is 23.7 Å². The average Bonchev–Trinajstić information content (AvgIpc) is 0.716. The lowest BCUT2D eigenvalue weighted by Crippen LogP contribution is -2.74. The van der Waals surface area contributed by atoms with Gasteiger partial charge in [0, 0.05) is 26.1 Å². The van der Waals surface area contributed by atoms with Gasteiger partial charge in [-0.1, -0.05) is 63.2 Å². The molecule has 0 aliphatic carbocycles. The van der Waals surface area contributed by atoms with Crippen molar-refractivity contribution < 1.29 is 182 Å². The number of phosphoric acid groups is 1. The third kappa shape index (κ3) is 18.2. The zero-order valence-corrected chi connectivity index (χ0v) is 44.8. The Labute approximate surface area is 465 Å². The number of hydrogen-bond donors (Lipinski definition) is 1. The van der Waals surface area contributed by atoms with Crippen molar-refractivity contribution in [2.75, 3.05) is 60.7 Å². The summed E-state index contributed by atoms with van der Waals surface area (Å²) >= 11 is 0. The minimum absolute atomic E-state index is 0.0289. The fourth-order valence-electron chi connectivity index (χ4n) is 6.23. The van der Waals surface area contributed by atoms with Crippen molar-refractivity contribution in [3.05, 3.63) is 0 Å². The van der Waals surface area contributed by atoms with Crippen molar-refractivity contribution in [3.8, 4) is 23.7 Å². The van der Waals surface area contributed by atoms with Crippen LogP contribution in [0.15, 0.2) is 0 Å². The number of ether oxygens (including phenoxy) is 2. The minimum Gasteiger partial charge on any atom is -0.379 e. The molecule has 0 aromatic heterocycles. The standard InChI is InChI=1S/C44H50F34NO6P/c1-79(2,3)22-25-84-86(80,81)85-27-28(83-24-19-15-11-7-5-9-13-17-21-30(47,48)32(51,52)34(55,56)36(59,60)38(63,64)40(67,68)42(71,72)44(76,77)78)26-82-23-18-14-10-6-4-8-12-16-20-29(45,46)31(49,50)33(53,54)35(57,58)37(61,62)39(65,66)41(69,70)43(73,74)75/h28H,4-15,18-19,22-27H2,1-3H3/p+1/t28-/m1/s1. The Hall–Kier alpha value is -3.27. The molecule has 42 heteroatoms. The normalized spacial score (nSPS) is 16.1. The van der Waals surface area contributed by atoms with Gasteiger partial charge in [0.05, 0.1) is 34.4 Å². The zero-order valence-electron chi connectivity index (χ0n) is 44.0. The van der Waals surface area contributed by atoms with Crippen molar-refractivity contribution in [2.24, 2.45) is 0 Å². The summed E-state index contributed by atoms with van der Waals surface area (Å²) in [4.78, 5) is 10.1. The van der Waals surface area contributed by atoms with Crippen molar-refractivity contribution in [3.63, 3.8) is 0 Å². The fraction of sp³-hybridized carbons (Fsp3) is 0.909. The Morgan fingerprint density at radius 3 is 0.953 bits per heavy atom. The van der Waals surface area contributed by atoms with Crippen LogP contribution < -0.4 is 0 Å². The Morgan fingerprint density at radius 2 is 0.640 bits per heavy atom. The van der Waals surface area contributed by atoms with Gasteiger partial charge < -0.3 is 18.9 Å². The number of likely N-dealkylation sites (N-methyl/N-ethyl adjacent to an activating group) is 1. The number of hydrogen-bond acceptors (Lipinski definition) is 5. The van der Waals surface area contributed by atoms with E-state index in [9.17, 15) is 159 Å². The van der Waals surface area contributed by atoms with Crippen LogP contribution in [0.2, 0.25) is 0 Å². The third-order valence-electron chi connectivity index (χ3n) is 11.6. The molecule has 0 aromatic carbocycles. The van der Waals surface area contributed by atoms with Gasteiger partial charge >= 0.3 is 103 Å². The lowest BCUT2D eigenvalue weighted by atomic mass is 9.89. The van der Waals surface area contributed by atoms with Crippen molar-refractivity contribution in [1.82, 2.24) is 0 Å². The summed E-state index contributed by atoms with van der Waals surface area (Å²) < 4.78 is 490. The SMILES string of the molecule is C[N+](C)(C)CCOP(=O)(O)OC[C@@H](COCCCCCCCCC#CC(F)(F)C(F)(F)C(F)(F)C(F)(F)C(F)(F)C(F)(F)C(F)(F)C(F)(F)F)OCCCCCCCCC#CC(F)(F)C(F)(F)C(F)(F)C(F)(F)C(F)(F)C(F)(F)C(F)(F)C(F)(F)F.